The van der Waals surface area contributed by atoms with Gasteiger partial charge in [0.2, 0.25) is 5.91 Å². The maximum absolute atomic E-state index is 12.8. The molecule has 8 heteroatoms. The molecule has 0 saturated carbocycles. The Balaban J connectivity index is 1.52. The number of nitrogens with one attached hydrogen (secondary N) is 2. The van der Waals surface area contributed by atoms with Crippen molar-refractivity contribution < 1.29 is 14.3 Å². The number of aromatic nitrogens is 1. The van der Waals surface area contributed by atoms with E-state index in [0.717, 1.165) is 44.1 Å². The van der Waals surface area contributed by atoms with E-state index in [1.165, 1.54) is 11.1 Å². The van der Waals surface area contributed by atoms with E-state index in [4.69, 9.17) is 4.74 Å². The third-order valence-corrected chi connectivity index (χ3v) is 5.04. The Morgan fingerprint density at radius 3 is 2.89 bits per heavy atom. The lowest BCUT2D eigenvalue weighted by Gasteiger charge is -2.27. The molecule has 146 valence electrons. The molecule has 0 spiro atoms. The van der Waals surface area contributed by atoms with Gasteiger partial charge in [-0.05, 0) is 17.7 Å². The highest BCUT2D eigenvalue weighted by Crippen LogP contribution is 2.27. The molecule has 28 heavy (non-hydrogen) atoms. The first-order chi connectivity index (χ1) is 13.6. The third-order valence-electron chi connectivity index (χ3n) is 5.04. The van der Waals surface area contributed by atoms with Gasteiger partial charge in [0.05, 0.1) is 31.0 Å². The van der Waals surface area contributed by atoms with Gasteiger partial charge >= 0.3 is 0 Å². The molecule has 3 heterocycles. The Labute approximate surface area is 163 Å². The zero-order valence-corrected chi connectivity index (χ0v) is 15.8. The number of benzene rings is 1. The van der Waals surface area contributed by atoms with E-state index in [2.05, 4.69) is 20.5 Å². The second-order valence-electron chi connectivity index (χ2n) is 6.90. The van der Waals surface area contributed by atoms with Crippen LogP contribution in [0.25, 0.3) is 0 Å². The Morgan fingerprint density at radius 2 is 2.07 bits per heavy atom. The summed E-state index contributed by atoms with van der Waals surface area (Å²) in [6, 6.07) is 9.48. The normalized spacial score (nSPS) is 17.0. The Hall–Kier alpha value is -2.97. The average Bonchev–Trinajstić information content (AvgIpc) is 2.73. The van der Waals surface area contributed by atoms with E-state index in [-0.39, 0.29) is 18.4 Å². The van der Waals surface area contributed by atoms with Crippen molar-refractivity contribution in [1.82, 2.24) is 9.88 Å². The SMILES string of the molecule is CN1C(=O)CNc2ncc(C(=O)Nc3ccccc3CN3CCOCC3)cc21. The lowest BCUT2D eigenvalue weighted by molar-refractivity contribution is -0.116. The summed E-state index contributed by atoms with van der Waals surface area (Å²) in [6.07, 6.45) is 1.52. The summed E-state index contributed by atoms with van der Waals surface area (Å²) < 4.78 is 5.40. The number of nitrogens with zero attached hydrogens (tertiary/aromatic N) is 3. The van der Waals surface area contributed by atoms with Crippen molar-refractivity contribution in [2.45, 2.75) is 6.54 Å². The number of carbonyl (C=O) groups excluding carboxylic acids is 2. The molecular weight excluding hydrogens is 358 g/mol. The number of ether oxygens (including phenoxy) is 1. The molecular formula is C20H23N5O3. The third kappa shape index (κ3) is 3.83. The molecule has 2 aliphatic heterocycles. The number of amides is 2. The molecule has 8 nitrogen and oxygen atoms in total. The number of hydrogen-bond acceptors (Lipinski definition) is 6. The van der Waals surface area contributed by atoms with Crippen molar-refractivity contribution >= 4 is 29.0 Å². The van der Waals surface area contributed by atoms with Crippen LogP contribution in [-0.4, -0.2) is 61.6 Å². The minimum absolute atomic E-state index is 0.0669. The smallest absolute Gasteiger partial charge is 0.257 e. The van der Waals surface area contributed by atoms with Crippen LogP contribution in [0.4, 0.5) is 17.2 Å². The summed E-state index contributed by atoms with van der Waals surface area (Å²) in [4.78, 5) is 32.8. The lowest BCUT2D eigenvalue weighted by Crippen LogP contribution is -2.37. The second-order valence-corrected chi connectivity index (χ2v) is 6.90. The first kappa shape index (κ1) is 18.4. The van der Waals surface area contributed by atoms with Crippen LogP contribution in [0.5, 0.6) is 0 Å². The topological polar surface area (TPSA) is 86.8 Å². The molecule has 1 saturated heterocycles. The molecule has 0 radical (unpaired) electrons. The van der Waals surface area contributed by atoms with E-state index in [0.29, 0.717) is 17.1 Å². The van der Waals surface area contributed by atoms with Crippen LogP contribution in [0.1, 0.15) is 15.9 Å². The van der Waals surface area contributed by atoms with Gasteiger partial charge in [0.1, 0.15) is 5.82 Å². The number of carbonyl (C=O) groups is 2. The highest BCUT2D eigenvalue weighted by molar-refractivity contribution is 6.07. The van der Waals surface area contributed by atoms with Crippen molar-refractivity contribution in [3.8, 4) is 0 Å². The van der Waals surface area contributed by atoms with Crippen LogP contribution in [0, 0.1) is 0 Å². The predicted octanol–water partition coefficient (Wildman–Crippen LogP) is 1.55. The van der Waals surface area contributed by atoms with Gasteiger partial charge in [-0.1, -0.05) is 18.2 Å². The van der Waals surface area contributed by atoms with Gasteiger partial charge in [-0.3, -0.25) is 14.5 Å². The largest absolute Gasteiger partial charge is 0.379 e. The number of rotatable bonds is 4. The van der Waals surface area contributed by atoms with Gasteiger partial charge < -0.3 is 20.3 Å². The summed E-state index contributed by atoms with van der Waals surface area (Å²) in [5, 5.41) is 5.95. The van der Waals surface area contributed by atoms with E-state index < -0.39 is 0 Å². The fourth-order valence-corrected chi connectivity index (χ4v) is 3.36. The first-order valence-corrected chi connectivity index (χ1v) is 9.31. The number of morpholine rings is 1. The van der Waals surface area contributed by atoms with E-state index in [1.807, 2.05) is 24.3 Å². The number of pyridine rings is 1. The van der Waals surface area contributed by atoms with Crippen molar-refractivity contribution in [3.05, 3.63) is 47.7 Å². The second kappa shape index (κ2) is 7.95. The molecule has 2 amide bonds. The van der Waals surface area contributed by atoms with Crippen LogP contribution in [0.3, 0.4) is 0 Å². The number of hydrogen-bond donors (Lipinski definition) is 2. The van der Waals surface area contributed by atoms with Crippen molar-refractivity contribution in [2.24, 2.45) is 0 Å². The van der Waals surface area contributed by atoms with Crippen LogP contribution in [-0.2, 0) is 16.1 Å². The number of para-hydroxylation sites is 1. The number of fused-ring (bicyclic) bond motifs is 1. The first-order valence-electron chi connectivity index (χ1n) is 9.31. The Kier molecular flexibility index (Phi) is 5.23. The zero-order chi connectivity index (χ0) is 19.5. The van der Waals surface area contributed by atoms with Crippen LogP contribution in [0.15, 0.2) is 36.5 Å². The zero-order valence-electron chi connectivity index (χ0n) is 15.8. The fraction of sp³-hybridized carbons (Fsp3) is 0.350. The minimum Gasteiger partial charge on any atom is -0.379 e. The Bertz CT molecular complexity index is 895. The average molecular weight is 381 g/mol. The molecule has 2 aliphatic rings. The van der Waals surface area contributed by atoms with Crippen molar-refractivity contribution in [2.75, 3.05) is 55.4 Å². The van der Waals surface area contributed by atoms with E-state index >= 15 is 0 Å². The molecule has 2 N–H and O–H groups in total. The van der Waals surface area contributed by atoms with Gasteiger partial charge in [0, 0.05) is 38.6 Å². The molecule has 1 fully saturated rings. The maximum atomic E-state index is 12.8. The highest BCUT2D eigenvalue weighted by Gasteiger charge is 2.23. The number of likely N-dealkylation sites (N-methyl/N-ethyl adjacent to an activating group) is 1. The van der Waals surface area contributed by atoms with Crippen molar-refractivity contribution in [3.63, 3.8) is 0 Å². The van der Waals surface area contributed by atoms with Gasteiger partial charge in [0.15, 0.2) is 0 Å². The van der Waals surface area contributed by atoms with Crippen molar-refractivity contribution in [1.29, 1.82) is 0 Å². The minimum atomic E-state index is -0.254. The van der Waals surface area contributed by atoms with Gasteiger partial charge in [-0.15, -0.1) is 0 Å². The van der Waals surface area contributed by atoms with Crippen LogP contribution < -0.4 is 15.5 Å². The highest BCUT2D eigenvalue weighted by atomic mass is 16.5. The summed E-state index contributed by atoms with van der Waals surface area (Å²) in [6.45, 7) is 4.18. The molecule has 0 atom stereocenters. The van der Waals surface area contributed by atoms with Gasteiger partial charge in [-0.2, -0.15) is 0 Å². The molecule has 1 aromatic carbocycles. The quantitative estimate of drug-likeness (QED) is 0.836. The molecule has 0 bridgehead atoms. The molecule has 4 rings (SSSR count). The maximum Gasteiger partial charge on any atom is 0.257 e. The van der Waals surface area contributed by atoms with E-state index in [1.54, 1.807) is 13.1 Å². The standard InChI is InChI=1S/C20H23N5O3/c1-24-17-10-15(11-21-19(17)22-12-18(24)26)20(27)23-16-5-3-2-4-14(16)13-25-6-8-28-9-7-25/h2-5,10-11H,6-9,12-13H2,1H3,(H,21,22)(H,23,27). The molecule has 1 aromatic heterocycles. The number of anilines is 3. The molecule has 2 aromatic rings. The summed E-state index contributed by atoms with van der Waals surface area (Å²) in [5.41, 5.74) is 2.84. The van der Waals surface area contributed by atoms with Crippen LogP contribution >= 0.6 is 0 Å². The lowest BCUT2D eigenvalue weighted by atomic mass is 10.1. The summed E-state index contributed by atoms with van der Waals surface area (Å²) in [5.74, 6) is 0.283. The van der Waals surface area contributed by atoms with Crippen LogP contribution in [0.2, 0.25) is 0 Å². The van der Waals surface area contributed by atoms with Gasteiger partial charge in [0.25, 0.3) is 5.91 Å². The van der Waals surface area contributed by atoms with Gasteiger partial charge in [-0.25, -0.2) is 4.98 Å². The fourth-order valence-electron chi connectivity index (χ4n) is 3.36. The van der Waals surface area contributed by atoms with E-state index in [9.17, 15) is 9.59 Å². The molecule has 0 aliphatic carbocycles. The molecule has 0 unspecified atom stereocenters. The Morgan fingerprint density at radius 1 is 1.29 bits per heavy atom. The predicted molar refractivity (Wildman–Crippen MR) is 107 cm³/mol. The monoisotopic (exact) mass is 381 g/mol. The summed E-state index contributed by atoms with van der Waals surface area (Å²) in [7, 11) is 1.68. The summed E-state index contributed by atoms with van der Waals surface area (Å²) >= 11 is 0.